The fourth-order valence-electron chi connectivity index (χ4n) is 1.68. The Hall–Kier alpha value is -1.14. The molecule has 1 aliphatic heterocycles. The zero-order valence-electron chi connectivity index (χ0n) is 10.00. The van der Waals surface area contributed by atoms with Crippen molar-refractivity contribution in [1.82, 2.24) is 16.0 Å². The van der Waals surface area contributed by atoms with Gasteiger partial charge >= 0.3 is 0 Å². The van der Waals surface area contributed by atoms with E-state index in [1.165, 1.54) is 0 Å². The van der Waals surface area contributed by atoms with Crippen LogP contribution in [0.15, 0.2) is 0 Å². The normalized spacial score (nSPS) is 19.8. The summed E-state index contributed by atoms with van der Waals surface area (Å²) in [5.41, 5.74) is 0. The summed E-state index contributed by atoms with van der Waals surface area (Å²) in [6.45, 7) is 1.44. The topological polar surface area (TPSA) is 90.5 Å². The predicted molar refractivity (Wildman–Crippen MR) is 63.4 cm³/mol. The highest BCUT2D eigenvalue weighted by Gasteiger charge is 2.22. The second kappa shape index (κ2) is 8.03. The maximum absolute atomic E-state index is 11.6. The fourth-order valence-corrected chi connectivity index (χ4v) is 1.68. The monoisotopic (exact) mass is 243 g/mol. The Morgan fingerprint density at radius 3 is 2.76 bits per heavy atom. The summed E-state index contributed by atoms with van der Waals surface area (Å²) >= 11 is 0. The van der Waals surface area contributed by atoms with E-state index in [4.69, 9.17) is 5.11 Å². The van der Waals surface area contributed by atoms with E-state index in [-0.39, 0.29) is 31.0 Å². The molecule has 0 bridgehead atoms. The molecule has 6 heteroatoms. The second-order valence-electron chi connectivity index (χ2n) is 4.17. The molecule has 1 atom stereocenters. The van der Waals surface area contributed by atoms with Crippen LogP contribution in [0.2, 0.25) is 0 Å². The van der Waals surface area contributed by atoms with E-state index < -0.39 is 0 Å². The maximum Gasteiger partial charge on any atom is 0.238 e. The summed E-state index contributed by atoms with van der Waals surface area (Å²) in [6, 6.07) is -0.315. The van der Waals surface area contributed by atoms with Crippen molar-refractivity contribution < 1.29 is 14.7 Å². The van der Waals surface area contributed by atoms with Crippen molar-refractivity contribution in [1.29, 1.82) is 0 Å². The standard InChI is InChI=1S/C11H21N3O3/c15-6-4-2-1-3-5-12-11(17)9-7-14-10(16)8-13-9/h9,13,15H,1-8H2,(H,12,17)(H,14,16). The van der Waals surface area contributed by atoms with Crippen LogP contribution in [0.1, 0.15) is 25.7 Å². The Morgan fingerprint density at radius 2 is 2.12 bits per heavy atom. The number of nitrogens with one attached hydrogen (secondary N) is 3. The number of amides is 2. The molecule has 1 saturated heterocycles. The van der Waals surface area contributed by atoms with Gasteiger partial charge in [0.05, 0.1) is 6.54 Å². The molecular weight excluding hydrogens is 222 g/mol. The third kappa shape index (κ3) is 5.65. The summed E-state index contributed by atoms with van der Waals surface area (Å²) in [7, 11) is 0. The van der Waals surface area contributed by atoms with Crippen LogP contribution in [0, 0.1) is 0 Å². The van der Waals surface area contributed by atoms with E-state index >= 15 is 0 Å². The first-order valence-electron chi connectivity index (χ1n) is 6.12. The first-order valence-corrected chi connectivity index (χ1v) is 6.12. The van der Waals surface area contributed by atoms with Gasteiger partial charge in [-0.25, -0.2) is 0 Å². The Morgan fingerprint density at radius 1 is 1.35 bits per heavy atom. The minimum absolute atomic E-state index is 0.0628. The van der Waals surface area contributed by atoms with E-state index in [0.717, 1.165) is 25.7 Å². The van der Waals surface area contributed by atoms with Crippen molar-refractivity contribution in [3.63, 3.8) is 0 Å². The van der Waals surface area contributed by atoms with Crippen LogP contribution < -0.4 is 16.0 Å². The van der Waals surface area contributed by atoms with Gasteiger partial charge in [0, 0.05) is 19.7 Å². The van der Waals surface area contributed by atoms with Crippen LogP contribution in [0.4, 0.5) is 0 Å². The van der Waals surface area contributed by atoms with Gasteiger partial charge < -0.3 is 15.7 Å². The summed E-state index contributed by atoms with van der Waals surface area (Å²) < 4.78 is 0. The minimum atomic E-state index is -0.315. The molecule has 2 amide bonds. The lowest BCUT2D eigenvalue weighted by atomic mass is 10.2. The smallest absolute Gasteiger partial charge is 0.238 e. The van der Waals surface area contributed by atoms with Gasteiger partial charge in [0.25, 0.3) is 0 Å². The number of carbonyl (C=O) groups excluding carboxylic acids is 2. The van der Waals surface area contributed by atoms with Crippen molar-refractivity contribution in [3.8, 4) is 0 Å². The molecule has 0 aromatic carbocycles. The third-order valence-electron chi connectivity index (χ3n) is 2.71. The number of aliphatic hydroxyl groups is 1. The van der Waals surface area contributed by atoms with E-state index in [2.05, 4.69) is 16.0 Å². The molecule has 6 nitrogen and oxygen atoms in total. The third-order valence-corrected chi connectivity index (χ3v) is 2.71. The van der Waals surface area contributed by atoms with Gasteiger partial charge in [0.2, 0.25) is 11.8 Å². The number of piperazine rings is 1. The Labute approximate surface area is 101 Å². The van der Waals surface area contributed by atoms with Crippen LogP contribution in [-0.4, -0.2) is 49.2 Å². The van der Waals surface area contributed by atoms with Gasteiger partial charge in [-0.2, -0.15) is 0 Å². The number of hydrogen-bond acceptors (Lipinski definition) is 4. The zero-order valence-corrected chi connectivity index (χ0v) is 10.00. The number of carbonyl (C=O) groups is 2. The van der Waals surface area contributed by atoms with E-state index in [9.17, 15) is 9.59 Å². The quantitative estimate of drug-likeness (QED) is 0.420. The van der Waals surface area contributed by atoms with Gasteiger partial charge in [-0.1, -0.05) is 12.8 Å². The molecule has 98 valence electrons. The summed E-state index contributed by atoms with van der Waals surface area (Å²) in [5.74, 6) is -0.134. The first-order chi connectivity index (χ1) is 8.24. The lowest BCUT2D eigenvalue weighted by molar-refractivity contribution is -0.126. The largest absolute Gasteiger partial charge is 0.396 e. The molecule has 0 aromatic rings. The molecule has 1 rings (SSSR count). The zero-order chi connectivity index (χ0) is 12.5. The number of unbranched alkanes of at least 4 members (excludes halogenated alkanes) is 3. The average molecular weight is 243 g/mol. The average Bonchev–Trinajstić information content (AvgIpc) is 2.34. The molecule has 1 heterocycles. The van der Waals surface area contributed by atoms with Crippen molar-refractivity contribution in [2.24, 2.45) is 0 Å². The highest BCUT2D eigenvalue weighted by atomic mass is 16.3. The Kier molecular flexibility index (Phi) is 6.57. The molecule has 4 N–H and O–H groups in total. The van der Waals surface area contributed by atoms with Crippen molar-refractivity contribution >= 4 is 11.8 Å². The molecule has 0 radical (unpaired) electrons. The Balaban J connectivity index is 2.03. The molecule has 0 saturated carbocycles. The molecule has 17 heavy (non-hydrogen) atoms. The van der Waals surface area contributed by atoms with Gasteiger partial charge in [-0.05, 0) is 12.8 Å². The highest BCUT2D eigenvalue weighted by molar-refractivity contribution is 5.86. The van der Waals surface area contributed by atoms with Crippen LogP contribution in [-0.2, 0) is 9.59 Å². The SMILES string of the molecule is O=C1CNC(C(=O)NCCCCCCO)CN1. The summed E-state index contributed by atoms with van der Waals surface area (Å²) in [6.07, 6.45) is 3.74. The lowest BCUT2D eigenvalue weighted by Gasteiger charge is -2.23. The Bertz CT molecular complexity index is 248. The summed E-state index contributed by atoms with van der Waals surface area (Å²) in [4.78, 5) is 22.5. The molecular formula is C11H21N3O3. The van der Waals surface area contributed by atoms with Gasteiger partial charge in [0.1, 0.15) is 6.04 Å². The fraction of sp³-hybridized carbons (Fsp3) is 0.818. The van der Waals surface area contributed by atoms with E-state index in [0.29, 0.717) is 13.1 Å². The van der Waals surface area contributed by atoms with E-state index in [1.54, 1.807) is 0 Å². The van der Waals surface area contributed by atoms with Crippen LogP contribution in [0.5, 0.6) is 0 Å². The minimum Gasteiger partial charge on any atom is -0.396 e. The van der Waals surface area contributed by atoms with Crippen molar-refractivity contribution in [3.05, 3.63) is 0 Å². The van der Waals surface area contributed by atoms with Crippen LogP contribution in [0.25, 0.3) is 0 Å². The molecule has 0 aliphatic carbocycles. The second-order valence-corrected chi connectivity index (χ2v) is 4.17. The van der Waals surface area contributed by atoms with Crippen LogP contribution >= 0.6 is 0 Å². The maximum atomic E-state index is 11.6. The molecule has 0 spiro atoms. The highest BCUT2D eigenvalue weighted by Crippen LogP contribution is 1.97. The van der Waals surface area contributed by atoms with Gasteiger partial charge in [-0.15, -0.1) is 0 Å². The van der Waals surface area contributed by atoms with E-state index in [1.807, 2.05) is 0 Å². The summed E-state index contributed by atoms with van der Waals surface area (Å²) in [5, 5.41) is 16.9. The molecule has 1 fully saturated rings. The van der Waals surface area contributed by atoms with Crippen molar-refractivity contribution in [2.45, 2.75) is 31.7 Å². The number of aliphatic hydroxyl groups excluding tert-OH is 1. The number of hydrogen-bond donors (Lipinski definition) is 4. The van der Waals surface area contributed by atoms with Crippen molar-refractivity contribution in [2.75, 3.05) is 26.2 Å². The predicted octanol–water partition coefficient (Wildman–Crippen LogP) is -1.26. The van der Waals surface area contributed by atoms with Gasteiger partial charge in [0.15, 0.2) is 0 Å². The molecule has 1 aliphatic rings. The molecule has 0 aromatic heterocycles. The van der Waals surface area contributed by atoms with Crippen LogP contribution in [0.3, 0.4) is 0 Å². The molecule has 1 unspecified atom stereocenters. The van der Waals surface area contributed by atoms with Gasteiger partial charge in [-0.3, -0.25) is 14.9 Å². The lowest BCUT2D eigenvalue weighted by Crippen LogP contribution is -2.58. The number of rotatable bonds is 7. The first kappa shape index (κ1) is 13.9.